The number of benzene rings is 1. The molecule has 0 heterocycles. The van der Waals surface area contributed by atoms with Crippen LogP contribution in [0.2, 0.25) is 0 Å². The van der Waals surface area contributed by atoms with Crippen LogP contribution in [0.5, 0.6) is 5.75 Å². The van der Waals surface area contributed by atoms with Gasteiger partial charge in [-0.15, -0.1) is 0 Å². The summed E-state index contributed by atoms with van der Waals surface area (Å²) >= 11 is 0. The van der Waals surface area contributed by atoms with E-state index in [-0.39, 0.29) is 0 Å². The Morgan fingerprint density at radius 2 is 1.89 bits per heavy atom. The van der Waals surface area contributed by atoms with E-state index in [4.69, 9.17) is 14.5 Å². The summed E-state index contributed by atoms with van der Waals surface area (Å²) in [6, 6.07) is 8.56. The lowest BCUT2D eigenvalue weighted by atomic mass is 10.3. The van der Waals surface area contributed by atoms with Crippen LogP contribution in [0.1, 0.15) is 13.8 Å². The second-order valence-electron chi connectivity index (χ2n) is 3.64. The molecule has 108 valence electrons. The number of hydrogen-bond donors (Lipinski definition) is 2. The van der Waals surface area contributed by atoms with Crippen molar-refractivity contribution < 1.29 is 28.6 Å². The van der Waals surface area contributed by atoms with E-state index in [1.807, 2.05) is 6.07 Å². The third-order valence-electron chi connectivity index (χ3n) is 1.65. The molecule has 7 heteroatoms. The highest BCUT2D eigenvalue weighted by molar-refractivity contribution is 7.52. The molecule has 19 heavy (non-hydrogen) atoms. The number of para-hydroxylation sites is 1. The van der Waals surface area contributed by atoms with Crippen LogP contribution >= 0.6 is 7.60 Å². The lowest BCUT2D eigenvalue weighted by Gasteiger charge is -2.06. The fraction of sp³-hybridized carbons (Fsp3) is 0.417. The molecule has 1 rings (SSSR count). The molecule has 0 aromatic heterocycles. The standard InChI is InChI=1S/C7H9O3P.C5H10O3/c1-11(8,9)10-7-5-3-2-4-6-7;1-3-8-5(7)4(2)6/h2-6H,1H3,(H,8,9);4,6H,3H2,1-2H3. The van der Waals surface area contributed by atoms with Crippen LogP contribution in [0, 0.1) is 0 Å². The lowest BCUT2D eigenvalue weighted by molar-refractivity contribution is -0.151. The lowest BCUT2D eigenvalue weighted by Crippen LogP contribution is -2.18. The summed E-state index contributed by atoms with van der Waals surface area (Å²) in [5.74, 6) is -0.145. The largest absolute Gasteiger partial charge is 0.464 e. The van der Waals surface area contributed by atoms with Crippen LogP contribution < -0.4 is 4.52 Å². The maximum atomic E-state index is 10.7. The number of esters is 1. The van der Waals surface area contributed by atoms with E-state index >= 15 is 0 Å². The number of ether oxygens (including phenoxy) is 1. The van der Waals surface area contributed by atoms with Crippen LogP contribution in [-0.2, 0) is 14.1 Å². The van der Waals surface area contributed by atoms with E-state index in [1.54, 1.807) is 31.2 Å². The Hall–Kier alpha value is -1.36. The monoisotopic (exact) mass is 290 g/mol. The summed E-state index contributed by atoms with van der Waals surface area (Å²) in [6.45, 7) is 4.54. The Kier molecular flexibility index (Phi) is 8.07. The van der Waals surface area contributed by atoms with Gasteiger partial charge < -0.3 is 19.3 Å². The molecule has 0 saturated carbocycles. The van der Waals surface area contributed by atoms with Crippen molar-refractivity contribution in [1.82, 2.24) is 0 Å². The van der Waals surface area contributed by atoms with Gasteiger partial charge in [0.1, 0.15) is 11.9 Å². The highest BCUT2D eigenvalue weighted by Crippen LogP contribution is 2.37. The smallest absolute Gasteiger partial charge is 0.373 e. The third kappa shape index (κ3) is 10.3. The zero-order valence-corrected chi connectivity index (χ0v) is 12.0. The number of carbonyl (C=O) groups is 1. The molecule has 1 aromatic rings. The molecule has 2 atom stereocenters. The normalized spacial score (nSPS) is 14.4. The van der Waals surface area contributed by atoms with Gasteiger partial charge in [0.25, 0.3) is 0 Å². The molecule has 0 aliphatic heterocycles. The minimum absolute atomic E-state index is 0.323. The van der Waals surface area contributed by atoms with Crippen molar-refractivity contribution in [2.75, 3.05) is 13.3 Å². The fourth-order valence-corrected chi connectivity index (χ4v) is 1.45. The molecule has 0 spiro atoms. The van der Waals surface area contributed by atoms with Crippen molar-refractivity contribution in [3.05, 3.63) is 30.3 Å². The Morgan fingerprint density at radius 3 is 2.21 bits per heavy atom. The first-order valence-electron chi connectivity index (χ1n) is 5.66. The average molecular weight is 290 g/mol. The van der Waals surface area contributed by atoms with Gasteiger partial charge in [0, 0.05) is 6.66 Å². The minimum atomic E-state index is -3.39. The van der Waals surface area contributed by atoms with Crippen LogP contribution in [0.3, 0.4) is 0 Å². The predicted octanol–water partition coefficient (Wildman–Crippen LogP) is 1.81. The summed E-state index contributed by atoms with van der Waals surface area (Å²) in [4.78, 5) is 19.1. The van der Waals surface area contributed by atoms with Crippen LogP contribution in [0.15, 0.2) is 30.3 Å². The predicted molar refractivity (Wildman–Crippen MR) is 71.1 cm³/mol. The van der Waals surface area contributed by atoms with Gasteiger partial charge in [-0.2, -0.15) is 0 Å². The van der Waals surface area contributed by atoms with Gasteiger partial charge in [-0.05, 0) is 26.0 Å². The second kappa shape index (κ2) is 8.69. The molecule has 2 N–H and O–H groups in total. The Balaban J connectivity index is 0.000000362. The van der Waals surface area contributed by atoms with Crippen molar-refractivity contribution in [2.45, 2.75) is 20.0 Å². The molecule has 2 unspecified atom stereocenters. The zero-order valence-electron chi connectivity index (χ0n) is 11.1. The summed E-state index contributed by atoms with van der Waals surface area (Å²) in [7, 11) is -3.39. The SMILES string of the molecule is CCOC(=O)C(C)O.CP(=O)(O)Oc1ccccc1. The third-order valence-corrected chi connectivity index (χ3v) is 2.20. The quantitative estimate of drug-likeness (QED) is 0.649. The average Bonchev–Trinajstić information content (AvgIpc) is 2.29. The second-order valence-corrected chi connectivity index (χ2v) is 5.42. The maximum Gasteiger partial charge on any atom is 0.373 e. The first-order valence-corrected chi connectivity index (χ1v) is 7.68. The molecule has 1 aromatic carbocycles. The molecule has 0 fully saturated rings. The number of aliphatic hydroxyl groups is 1. The van der Waals surface area contributed by atoms with E-state index in [2.05, 4.69) is 4.74 Å². The molecule has 0 radical (unpaired) electrons. The summed E-state index contributed by atoms with van der Waals surface area (Å²) in [6.07, 6.45) is -0.991. The minimum Gasteiger partial charge on any atom is -0.464 e. The number of carbonyl (C=O) groups excluding carboxylic acids is 1. The Labute approximate surface area is 112 Å². The molecule has 0 amide bonds. The highest BCUT2D eigenvalue weighted by atomic mass is 31.2. The van der Waals surface area contributed by atoms with Crippen molar-refractivity contribution in [3.8, 4) is 5.75 Å². The topological polar surface area (TPSA) is 93.1 Å². The van der Waals surface area contributed by atoms with Gasteiger partial charge >= 0.3 is 13.6 Å². The molecular formula is C12H19O6P. The Bertz CT molecular complexity index is 411. The number of rotatable bonds is 4. The number of aliphatic hydroxyl groups excluding tert-OH is 1. The zero-order chi connectivity index (χ0) is 14.9. The van der Waals surface area contributed by atoms with E-state index in [9.17, 15) is 9.36 Å². The molecule has 0 saturated heterocycles. The van der Waals surface area contributed by atoms with Crippen molar-refractivity contribution >= 4 is 13.6 Å². The van der Waals surface area contributed by atoms with Crippen LogP contribution in [0.4, 0.5) is 0 Å². The number of hydrogen-bond acceptors (Lipinski definition) is 5. The van der Waals surface area contributed by atoms with Crippen LogP contribution in [-0.4, -0.2) is 35.3 Å². The molecule has 0 bridgehead atoms. The first kappa shape index (κ1) is 17.6. The van der Waals surface area contributed by atoms with Crippen molar-refractivity contribution in [1.29, 1.82) is 0 Å². The van der Waals surface area contributed by atoms with E-state index < -0.39 is 19.7 Å². The Morgan fingerprint density at radius 1 is 1.37 bits per heavy atom. The van der Waals surface area contributed by atoms with Gasteiger partial charge in [0.05, 0.1) is 6.61 Å². The summed E-state index contributed by atoms with van der Waals surface area (Å²) < 4.78 is 19.8. The molecular weight excluding hydrogens is 271 g/mol. The first-order chi connectivity index (χ1) is 8.76. The summed E-state index contributed by atoms with van der Waals surface area (Å²) in [5, 5.41) is 8.48. The molecule has 0 aliphatic carbocycles. The highest BCUT2D eigenvalue weighted by Gasteiger charge is 2.10. The van der Waals surface area contributed by atoms with E-state index in [0.717, 1.165) is 6.66 Å². The summed E-state index contributed by atoms with van der Waals surface area (Å²) in [5.41, 5.74) is 0. The van der Waals surface area contributed by atoms with Crippen molar-refractivity contribution in [3.63, 3.8) is 0 Å². The van der Waals surface area contributed by atoms with Gasteiger partial charge in [-0.25, -0.2) is 9.36 Å². The van der Waals surface area contributed by atoms with Gasteiger partial charge in [-0.1, -0.05) is 18.2 Å². The van der Waals surface area contributed by atoms with Crippen molar-refractivity contribution in [2.24, 2.45) is 0 Å². The van der Waals surface area contributed by atoms with Gasteiger partial charge in [0.2, 0.25) is 0 Å². The van der Waals surface area contributed by atoms with Crippen LogP contribution in [0.25, 0.3) is 0 Å². The molecule has 6 nitrogen and oxygen atoms in total. The maximum absolute atomic E-state index is 10.7. The van der Waals surface area contributed by atoms with Gasteiger partial charge in [-0.3, -0.25) is 0 Å². The van der Waals surface area contributed by atoms with Gasteiger partial charge in [0.15, 0.2) is 0 Å². The fourth-order valence-electron chi connectivity index (χ4n) is 0.940. The van der Waals surface area contributed by atoms with E-state index in [1.165, 1.54) is 6.92 Å². The van der Waals surface area contributed by atoms with E-state index in [0.29, 0.717) is 12.4 Å². The molecule has 0 aliphatic rings.